The molecular weight excluding hydrogens is 837 g/mol. The fourth-order valence-corrected chi connectivity index (χ4v) is 7.26. The molecule has 0 aromatic heterocycles. The van der Waals surface area contributed by atoms with E-state index in [1.54, 1.807) is 13.0 Å². The number of Topliss-reactive ketones (excluding diaryl/α,β-unsaturated/α-hetero) is 2. The number of methoxy groups -OCH3 is 2. The van der Waals surface area contributed by atoms with Gasteiger partial charge in [-0.3, -0.25) is 24.1 Å². The van der Waals surface area contributed by atoms with E-state index in [2.05, 4.69) is 47.8 Å². The maximum absolute atomic E-state index is 13.5. The molecule has 2 atom stereocenters. The van der Waals surface area contributed by atoms with Crippen LogP contribution >= 0.6 is 0 Å². The molecule has 0 bridgehead atoms. The Morgan fingerprint density at radius 3 is 1.46 bits per heavy atom. The number of ether oxygens (including phenoxy) is 4. The molecule has 0 fully saturated rings. The highest BCUT2D eigenvalue weighted by molar-refractivity contribution is 6.02. The number of fused-ring (bicyclic) bond motifs is 2. The van der Waals surface area contributed by atoms with E-state index in [9.17, 15) is 38.4 Å². The number of aldehydes is 1. The number of amides is 3. The third-order valence-electron chi connectivity index (χ3n) is 10.4. The van der Waals surface area contributed by atoms with Gasteiger partial charge in [-0.15, -0.1) is 0 Å². The lowest BCUT2D eigenvalue weighted by Crippen LogP contribution is -2.48. The zero-order valence-electron chi connectivity index (χ0n) is 40.6. The van der Waals surface area contributed by atoms with Crippen LogP contribution in [0.25, 0.3) is 11.1 Å². The first kappa shape index (κ1) is 57.4. The molecule has 2 N–H and O–H groups in total. The number of hydrogen-bond acceptors (Lipinski definition) is 13. The quantitative estimate of drug-likeness (QED) is 0.0640. The number of likely N-dealkylation sites (N-methyl/N-ethyl adjacent to an activating group) is 1. The maximum Gasteiger partial charge on any atom is 0.407 e. The van der Waals surface area contributed by atoms with Gasteiger partial charge in [0, 0.05) is 17.7 Å². The van der Waals surface area contributed by atoms with Gasteiger partial charge in [-0.25, -0.2) is 14.4 Å². The zero-order chi connectivity index (χ0) is 49.1. The van der Waals surface area contributed by atoms with Gasteiger partial charge in [0.15, 0.2) is 13.2 Å². The van der Waals surface area contributed by atoms with Gasteiger partial charge in [0.25, 0.3) is 0 Å². The summed E-state index contributed by atoms with van der Waals surface area (Å²) in [6.07, 6.45) is 8.12. The van der Waals surface area contributed by atoms with Crippen LogP contribution < -0.4 is 10.6 Å². The molecule has 65 heavy (non-hydrogen) atoms. The second-order valence-electron chi connectivity index (χ2n) is 15.7. The van der Waals surface area contributed by atoms with Crippen LogP contribution in [0.4, 0.5) is 9.59 Å². The number of nitrogens with zero attached hydrogens (tertiary/aromatic N) is 2. The number of carbonyl (C=O) groups excluding carboxylic acids is 8. The third kappa shape index (κ3) is 18.0. The fraction of sp³-hybridized carbons (Fsp3) is 0.592. The lowest BCUT2D eigenvalue weighted by atomic mass is 9.87. The van der Waals surface area contributed by atoms with Crippen LogP contribution in [0.2, 0.25) is 0 Å². The summed E-state index contributed by atoms with van der Waals surface area (Å²) in [4.78, 5) is 99.3. The van der Waals surface area contributed by atoms with Crippen LogP contribution in [-0.2, 0) is 63.8 Å². The predicted octanol–water partition coefficient (Wildman–Crippen LogP) is 6.87. The third-order valence-corrected chi connectivity index (χ3v) is 10.4. The van der Waals surface area contributed by atoms with Crippen molar-refractivity contribution in [2.75, 3.05) is 60.7 Å². The molecule has 16 nitrogen and oxygen atoms in total. The molecule has 2 aromatic rings. The summed E-state index contributed by atoms with van der Waals surface area (Å²) >= 11 is 0. The topological polar surface area (TPSA) is 204 Å². The van der Waals surface area contributed by atoms with Gasteiger partial charge < -0.3 is 39.3 Å². The predicted molar refractivity (Wildman–Crippen MR) is 249 cm³/mol. The number of esters is 2. The Kier molecular flexibility index (Phi) is 27.6. The summed E-state index contributed by atoms with van der Waals surface area (Å²) in [5, 5.41) is 4.48. The largest absolute Gasteiger partial charge is 0.456 e. The van der Waals surface area contributed by atoms with Gasteiger partial charge in [0.1, 0.15) is 24.9 Å². The van der Waals surface area contributed by atoms with Crippen LogP contribution in [0.3, 0.4) is 0 Å². The minimum Gasteiger partial charge on any atom is -0.456 e. The number of rotatable bonds is 19. The Morgan fingerprint density at radius 1 is 0.631 bits per heavy atom. The Morgan fingerprint density at radius 2 is 1.05 bits per heavy atom. The Balaban J connectivity index is 0.00000131. The summed E-state index contributed by atoms with van der Waals surface area (Å²) in [7, 11) is 4.29. The zero-order valence-corrected chi connectivity index (χ0v) is 40.6. The minimum atomic E-state index is -0.960. The molecular formula is C49H74N4O12. The van der Waals surface area contributed by atoms with Crippen molar-refractivity contribution in [1.82, 2.24) is 20.4 Å². The molecule has 16 heteroatoms. The molecule has 0 saturated carbocycles. The normalized spacial score (nSPS) is 12.7. The summed E-state index contributed by atoms with van der Waals surface area (Å²) < 4.78 is 19.5. The number of nitrogens with one attached hydrogen (secondary N) is 2. The van der Waals surface area contributed by atoms with Crippen molar-refractivity contribution in [1.29, 1.82) is 0 Å². The maximum atomic E-state index is 13.5. The van der Waals surface area contributed by atoms with Crippen molar-refractivity contribution in [2.24, 2.45) is 0 Å². The number of alkyl carbamates (subject to hydrolysis) is 2. The second kappa shape index (κ2) is 31.3. The molecule has 3 amide bonds. The van der Waals surface area contributed by atoms with Crippen molar-refractivity contribution in [3.8, 4) is 11.1 Å². The van der Waals surface area contributed by atoms with E-state index in [0.29, 0.717) is 23.8 Å². The smallest absolute Gasteiger partial charge is 0.407 e. The molecule has 0 aliphatic heterocycles. The van der Waals surface area contributed by atoms with Gasteiger partial charge in [0.2, 0.25) is 17.5 Å². The molecule has 0 heterocycles. The summed E-state index contributed by atoms with van der Waals surface area (Å²) in [6.45, 7) is 15.6. The van der Waals surface area contributed by atoms with Crippen LogP contribution in [0.1, 0.15) is 137 Å². The van der Waals surface area contributed by atoms with E-state index in [4.69, 9.17) is 9.47 Å². The van der Waals surface area contributed by atoms with Gasteiger partial charge >= 0.3 is 24.1 Å². The molecule has 4 rings (SSSR count). The van der Waals surface area contributed by atoms with Crippen LogP contribution in [-0.4, -0.2) is 130 Å². The van der Waals surface area contributed by atoms with Crippen LogP contribution in [0.15, 0.2) is 24.3 Å². The van der Waals surface area contributed by atoms with E-state index in [1.807, 2.05) is 44.0 Å². The SMILES string of the molecule is CCC.CCC.CCCN(C)C(C)C(=O)OCC(=O)c1ccc(-c2ccc(C(=O)COC(=O)[C@@H](C)N(CCC)C(=O)CNC(=O)OC)c3c2CCC3)c2c1CCC2.COC(=O)NCC=O. The Hall–Kier alpha value is -5.64. The average molecular weight is 911 g/mol. The van der Waals surface area contributed by atoms with Crippen molar-refractivity contribution in [2.45, 2.75) is 132 Å². The number of benzene rings is 2. The highest BCUT2D eigenvalue weighted by atomic mass is 16.5. The van der Waals surface area contributed by atoms with Crippen molar-refractivity contribution < 1.29 is 57.3 Å². The molecule has 0 saturated heterocycles. The van der Waals surface area contributed by atoms with Gasteiger partial charge in [0.05, 0.1) is 20.8 Å². The molecule has 1 unspecified atom stereocenters. The van der Waals surface area contributed by atoms with Crippen molar-refractivity contribution in [3.63, 3.8) is 0 Å². The molecule has 2 aliphatic rings. The number of hydrogen-bond donors (Lipinski definition) is 2. The fourth-order valence-electron chi connectivity index (χ4n) is 7.26. The molecule has 362 valence electrons. The molecule has 2 aliphatic carbocycles. The monoisotopic (exact) mass is 911 g/mol. The molecule has 2 aromatic carbocycles. The standard InChI is InChI=1S/C39H51N3O9.C4H7NO3.2C3H8/c1-7-19-41(5)24(3)37(46)50-22-34(43)32-17-15-30(26-11-9-13-28(26)32)31-16-18-33(29-14-10-12-27(29)31)35(44)23-51-38(47)25(4)42(20-8-2)36(45)21-40-39(48)49-6;1-8-4(7)5-2-3-6;2*1-3-2/h15-18,24-25H,7-14,19-23H2,1-6H3,(H,40,48);3H,2H2,1H3,(H,5,7);2*3H2,1-2H3/t24?,25-;;;/m1.../s1. The number of ketones is 2. The lowest BCUT2D eigenvalue weighted by molar-refractivity contribution is -0.153. The van der Waals surface area contributed by atoms with Gasteiger partial charge in [-0.2, -0.15) is 0 Å². The summed E-state index contributed by atoms with van der Waals surface area (Å²) in [5.74, 6) is -2.14. The van der Waals surface area contributed by atoms with Crippen LogP contribution in [0.5, 0.6) is 0 Å². The minimum absolute atomic E-state index is 0.00662. The van der Waals surface area contributed by atoms with Crippen molar-refractivity contribution >= 4 is 47.9 Å². The first-order valence-electron chi connectivity index (χ1n) is 22.8. The van der Waals surface area contributed by atoms with E-state index in [1.165, 1.54) is 38.9 Å². The van der Waals surface area contributed by atoms with Gasteiger partial charge in [-0.1, -0.05) is 78.6 Å². The first-order chi connectivity index (χ1) is 31.1. The highest BCUT2D eigenvalue weighted by Crippen LogP contribution is 2.40. The Bertz CT molecular complexity index is 1900. The van der Waals surface area contributed by atoms with E-state index in [-0.39, 0.29) is 37.8 Å². The number of carbonyl (C=O) groups is 8. The first-order valence-corrected chi connectivity index (χ1v) is 22.8. The second-order valence-corrected chi connectivity index (χ2v) is 15.7. The van der Waals surface area contributed by atoms with Crippen molar-refractivity contribution in [3.05, 3.63) is 57.6 Å². The Labute approximate surface area is 385 Å². The summed E-state index contributed by atoms with van der Waals surface area (Å²) in [6, 6.07) is 6.15. The molecule has 0 spiro atoms. The average Bonchev–Trinajstić information content (AvgIpc) is 4.01. The van der Waals surface area contributed by atoms with E-state index >= 15 is 0 Å². The van der Waals surface area contributed by atoms with Crippen LogP contribution in [0, 0.1) is 0 Å². The molecule has 0 radical (unpaired) electrons. The highest BCUT2D eigenvalue weighted by Gasteiger charge is 2.30. The summed E-state index contributed by atoms with van der Waals surface area (Å²) in [5.41, 5.74) is 7.33. The van der Waals surface area contributed by atoms with E-state index < -0.39 is 48.7 Å². The lowest BCUT2D eigenvalue weighted by Gasteiger charge is -2.27. The van der Waals surface area contributed by atoms with E-state index in [0.717, 1.165) is 84.9 Å². The van der Waals surface area contributed by atoms with Gasteiger partial charge in [-0.05, 0) is 112 Å².